The van der Waals surface area contributed by atoms with Crippen LogP contribution in [-0.4, -0.2) is 28.0 Å². The molecule has 0 amide bonds. The van der Waals surface area contributed by atoms with Gasteiger partial charge in [0.15, 0.2) is 0 Å². The second-order valence-corrected chi connectivity index (χ2v) is 8.38. The van der Waals surface area contributed by atoms with Crippen molar-refractivity contribution in [3.05, 3.63) is 0 Å². The lowest BCUT2D eigenvalue weighted by Gasteiger charge is -2.41. The van der Waals surface area contributed by atoms with Crippen LogP contribution in [0.5, 0.6) is 0 Å². The van der Waals surface area contributed by atoms with E-state index in [9.17, 15) is 0 Å². The summed E-state index contributed by atoms with van der Waals surface area (Å²) in [6, 6.07) is 0.438. The van der Waals surface area contributed by atoms with Gasteiger partial charge in [-0.1, -0.05) is 39.5 Å². The summed E-state index contributed by atoms with van der Waals surface area (Å²) in [6.45, 7) is 4.73. The second kappa shape index (κ2) is 6.72. The van der Waals surface area contributed by atoms with Crippen molar-refractivity contribution in [3.8, 4) is 0 Å². The standard InChI is InChI=1S/C14H27NS2/c1-3-11-6-4-5-7-12(11)13(15)14-10(2)16-8-9-17-14/h10-14H,3-9,15H2,1-2H3. The maximum Gasteiger partial charge on any atom is 0.0318 e. The van der Waals surface area contributed by atoms with Gasteiger partial charge >= 0.3 is 0 Å². The van der Waals surface area contributed by atoms with Crippen molar-refractivity contribution in [2.24, 2.45) is 17.6 Å². The van der Waals surface area contributed by atoms with Gasteiger partial charge in [-0.05, 0) is 18.3 Å². The molecule has 1 saturated carbocycles. The molecule has 0 radical (unpaired) electrons. The van der Waals surface area contributed by atoms with E-state index in [1.54, 1.807) is 0 Å². The zero-order valence-electron chi connectivity index (χ0n) is 11.2. The van der Waals surface area contributed by atoms with Gasteiger partial charge in [0.1, 0.15) is 0 Å². The minimum absolute atomic E-state index is 0.438. The molecule has 2 aliphatic rings. The van der Waals surface area contributed by atoms with E-state index in [1.807, 2.05) is 0 Å². The molecule has 1 saturated heterocycles. The van der Waals surface area contributed by atoms with Crippen LogP contribution in [0.15, 0.2) is 0 Å². The van der Waals surface area contributed by atoms with E-state index >= 15 is 0 Å². The Kier molecular flexibility index (Phi) is 5.56. The van der Waals surface area contributed by atoms with Crippen molar-refractivity contribution in [3.63, 3.8) is 0 Å². The Hall–Kier alpha value is 0.660. The summed E-state index contributed by atoms with van der Waals surface area (Å²) in [4.78, 5) is 0. The second-order valence-electron chi connectivity index (χ2n) is 5.61. The molecule has 1 aliphatic heterocycles. The Morgan fingerprint density at radius 2 is 1.88 bits per heavy atom. The molecule has 0 bridgehead atoms. The summed E-state index contributed by atoms with van der Waals surface area (Å²) >= 11 is 4.27. The van der Waals surface area contributed by atoms with Gasteiger partial charge in [0.25, 0.3) is 0 Å². The molecule has 2 N–H and O–H groups in total. The van der Waals surface area contributed by atoms with Crippen molar-refractivity contribution in [1.82, 2.24) is 0 Å². The van der Waals surface area contributed by atoms with E-state index < -0.39 is 0 Å². The lowest BCUT2D eigenvalue weighted by atomic mass is 9.73. The predicted molar refractivity (Wildman–Crippen MR) is 81.9 cm³/mol. The Balaban J connectivity index is 1.98. The minimum atomic E-state index is 0.438. The molecule has 3 heteroatoms. The monoisotopic (exact) mass is 273 g/mol. The quantitative estimate of drug-likeness (QED) is 0.848. The fraction of sp³-hybridized carbons (Fsp3) is 1.00. The van der Waals surface area contributed by atoms with E-state index in [4.69, 9.17) is 5.73 Å². The van der Waals surface area contributed by atoms with E-state index in [0.29, 0.717) is 11.3 Å². The highest BCUT2D eigenvalue weighted by atomic mass is 32.2. The van der Waals surface area contributed by atoms with Crippen LogP contribution in [0, 0.1) is 11.8 Å². The Bertz CT molecular complexity index is 234. The fourth-order valence-electron chi connectivity index (χ4n) is 3.57. The fourth-order valence-corrected chi connectivity index (χ4v) is 6.52. The molecule has 0 aromatic carbocycles. The van der Waals surface area contributed by atoms with Gasteiger partial charge in [-0.3, -0.25) is 0 Å². The molecule has 1 heterocycles. The maximum atomic E-state index is 6.65. The van der Waals surface area contributed by atoms with Crippen molar-refractivity contribution < 1.29 is 0 Å². The summed E-state index contributed by atoms with van der Waals surface area (Å²) in [7, 11) is 0. The summed E-state index contributed by atoms with van der Waals surface area (Å²) < 4.78 is 0. The molecule has 0 aromatic rings. The average molecular weight is 274 g/mol. The molecular weight excluding hydrogens is 246 g/mol. The Labute approximate surface area is 115 Å². The normalized spacial score (nSPS) is 41.1. The summed E-state index contributed by atoms with van der Waals surface area (Å²) in [5, 5.41) is 1.45. The molecule has 1 nitrogen and oxygen atoms in total. The third kappa shape index (κ3) is 3.36. The Morgan fingerprint density at radius 1 is 1.18 bits per heavy atom. The highest BCUT2D eigenvalue weighted by molar-refractivity contribution is 8.07. The highest BCUT2D eigenvalue weighted by Crippen LogP contribution is 2.40. The van der Waals surface area contributed by atoms with Gasteiger partial charge in [-0.2, -0.15) is 23.5 Å². The molecule has 2 fully saturated rings. The summed E-state index contributed by atoms with van der Waals surface area (Å²) in [6.07, 6.45) is 6.98. The third-order valence-electron chi connectivity index (χ3n) is 4.60. The van der Waals surface area contributed by atoms with Gasteiger partial charge in [-0.15, -0.1) is 0 Å². The first kappa shape index (κ1) is 14.1. The van der Waals surface area contributed by atoms with E-state index in [0.717, 1.165) is 17.1 Å². The maximum absolute atomic E-state index is 6.65. The third-order valence-corrected chi connectivity index (χ3v) is 7.84. The number of hydrogen-bond donors (Lipinski definition) is 1. The largest absolute Gasteiger partial charge is 0.326 e. The first-order valence-electron chi connectivity index (χ1n) is 7.22. The molecule has 5 unspecified atom stereocenters. The van der Waals surface area contributed by atoms with Crippen LogP contribution in [0.4, 0.5) is 0 Å². The van der Waals surface area contributed by atoms with Gasteiger partial charge in [0.05, 0.1) is 0 Å². The van der Waals surface area contributed by atoms with E-state index in [2.05, 4.69) is 37.4 Å². The zero-order chi connectivity index (χ0) is 12.3. The van der Waals surface area contributed by atoms with E-state index in [-0.39, 0.29) is 0 Å². The van der Waals surface area contributed by atoms with Gasteiger partial charge in [0.2, 0.25) is 0 Å². The smallest absolute Gasteiger partial charge is 0.0318 e. The van der Waals surface area contributed by atoms with Crippen LogP contribution in [0.1, 0.15) is 46.0 Å². The molecule has 0 aromatic heterocycles. The van der Waals surface area contributed by atoms with E-state index in [1.165, 1.54) is 43.6 Å². The molecular formula is C14H27NS2. The van der Waals surface area contributed by atoms with Crippen LogP contribution in [-0.2, 0) is 0 Å². The minimum Gasteiger partial charge on any atom is -0.326 e. The predicted octanol–water partition coefficient (Wildman–Crippen LogP) is 3.77. The number of hydrogen-bond acceptors (Lipinski definition) is 3. The molecule has 2 rings (SSSR count). The molecule has 100 valence electrons. The van der Waals surface area contributed by atoms with Crippen LogP contribution >= 0.6 is 23.5 Å². The molecule has 0 spiro atoms. The van der Waals surface area contributed by atoms with Gasteiger partial charge in [-0.25, -0.2) is 0 Å². The lowest BCUT2D eigenvalue weighted by molar-refractivity contribution is 0.193. The molecule has 5 atom stereocenters. The first-order chi connectivity index (χ1) is 8.24. The number of nitrogens with two attached hydrogens (primary N) is 1. The summed E-state index contributed by atoms with van der Waals surface area (Å²) in [5.41, 5.74) is 6.65. The van der Waals surface area contributed by atoms with Crippen LogP contribution < -0.4 is 5.73 Å². The average Bonchev–Trinajstić information content (AvgIpc) is 2.38. The topological polar surface area (TPSA) is 26.0 Å². The van der Waals surface area contributed by atoms with Crippen molar-refractivity contribution >= 4 is 23.5 Å². The lowest BCUT2D eigenvalue weighted by Crippen LogP contribution is -2.48. The van der Waals surface area contributed by atoms with Crippen LogP contribution in [0.25, 0.3) is 0 Å². The highest BCUT2D eigenvalue weighted by Gasteiger charge is 2.36. The SMILES string of the molecule is CCC1CCCCC1C(N)C1SCCSC1C. The molecule has 1 aliphatic carbocycles. The van der Waals surface area contributed by atoms with Crippen LogP contribution in [0.3, 0.4) is 0 Å². The van der Waals surface area contributed by atoms with Crippen molar-refractivity contribution in [1.29, 1.82) is 0 Å². The van der Waals surface area contributed by atoms with Gasteiger partial charge in [0, 0.05) is 28.0 Å². The van der Waals surface area contributed by atoms with Gasteiger partial charge < -0.3 is 5.73 Å². The Morgan fingerprint density at radius 3 is 2.59 bits per heavy atom. The first-order valence-corrected chi connectivity index (χ1v) is 9.32. The summed E-state index contributed by atoms with van der Waals surface area (Å²) in [5.74, 6) is 4.32. The molecule has 17 heavy (non-hydrogen) atoms. The zero-order valence-corrected chi connectivity index (χ0v) is 12.9. The number of rotatable bonds is 3. The number of thioether (sulfide) groups is 2. The van der Waals surface area contributed by atoms with Crippen molar-refractivity contribution in [2.75, 3.05) is 11.5 Å². The van der Waals surface area contributed by atoms with Crippen LogP contribution in [0.2, 0.25) is 0 Å². The van der Waals surface area contributed by atoms with Crippen molar-refractivity contribution in [2.45, 2.75) is 62.5 Å².